The lowest BCUT2D eigenvalue weighted by Gasteiger charge is -2.10. The summed E-state index contributed by atoms with van der Waals surface area (Å²) in [5, 5.41) is 3.30. The standard InChI is InChI=1S/C20H19FN2O3S/c1-25-16-6-7-18(26-2)14(10-16)11-19(24)23-20-22-12-17(27-20)9-13-4-3-5-15(21)8-13/h3-8,10,12H,9,11H2,1-2H3,(H,22,23,24). The van der Waals surface area contributed by atoms with Gasteiger partial charge in [-0.2, -0.15) is 0 Å². The molecule has 7 heteroatoms. The highest BCUT2D eigenvalue weighted by molar-refractivity contribution is 7.15. The number of methoxy groups -OCH3 is 2. The molecule has 2 aromatic carbocycles. The number of amides is 1. The molecule has 0 spiro atoms. The molecule has 0 atom stereocenters. The van der Waals surface area contributed by atoms with Crippen LogP contribution in [0.5, 0.6) is 11.5 Å². The number of hydrogen-bond acceptors (Lipinski definition) is 5. The molecular weight excluding hydrogens is 367 g/mol. The lowest BCUT2D eigenvalue weighted by Crippen LogP contribution is -2.14. The number of rotatable bonds is 7. The van der Waals surface area contributed by atoms with Gasteiger partial charge in [-0.1, -0.05) is 12.1 Å². The molecule has 0 saturated heterocycles. The first-order chi connectivity index (χ1) is 13.1. The third-order valence-corrected chi connectivity index (χ3v) is 4.82. The maximum absolute atomic E-state index is 13.3. The van der Waals surface area contributed by atoms with Crippen LogP contribution in [0.2, 0.25) is 0 Å². The molecule has 0 radical (unpaired) electrons. The van der Waals surface area contributed by atoms with E-state index < -0.39 is 0 Å². The number of nitrogens with one attached hydrogen (secondary N) is 1. The van der Waals surface area contributed by atoms with Gasteiger partial charge in [0.05, 0.1) is 20.6 Å². The molecule has 0 aliphatic carbocycles. The van der Waals surface area contributed by atoms with E-state index in [1.165, 1.54) is 23.5 Å². The summed E-state index contributed by atoms with van der Waals surface area (Å²) in [7, 11) is 3.13. The largest absolute Gasteiger partial charge is 0.497 e. The molecule has 140 valence electrons. The predicted octanol–water partition coefficient (Wildman–Crippen LogP) is 4.07. The van der Waals surface area contributed by atoms with Gasteiger partial charge in [0.2, 0.25) is 5.91 Å². The van der Waals surface area contributed by atoms with Gasteiger partial charge in [0.25, 0.3) is 0 Å². The fourth-order valence-corrected chi connectivity index (χ4v) is 3.51. The van der Waals surface area contributed by atoms with Crippen molar-refractivity contribution in [2.24, 2.45) is 0 Å². The minimum absolute atomic E-state index is 0.138. The highest BCUT2D eigenvalue weighted by atomic mass is 32.1. The van der Waals surface area contributed by atoms with Crippen LogP contribution in [0.25, 0.3) is 0 Å². The number of thiazole rings is 1. The fourth-order valence-electron chi connectivity index (χ4n) is 2.65. The Bertz CT molecular complexity index is 942. The van der Waals surface area contributed by atoms with E-state index in [-0.39, 0.29) is 18.1 Å². The zero-order valence-electron chi connectivity index (χ0n) is 15.0. The first-order valence-corrected chi connectivity index (χ1v) is 9.09. The molecule has 3 rings (SSSR count). The average molecular weight is 386 g/mol. The Kier molecular flexibility index (Phi) is 6.03. The van der Waals surface area contributed by atoms with Crippen LogP contribution in [-0.2, 0) is 17.6 Å². The summed E-state index contributed by atoms with van der Waals surface area (Å²) in [6.07, 6.45) is 2.39. The van der Waals surface area contributed by atoms with E-state index in [9.17, 15) is 9.18 Å². The summed E-state index contributed by atoms with van der Waals surface area (Å²) in [5.41, 5.74) is 1.59. The van der Waals surface area contributed by atoms with Gasteiger partial charge in [0, 0.05) is 23.1 Å². The molecule has 1 amide bonds. The monoisotopic (exact) mass is 386 g/mol. The molecular formula is C20H19FN2O3S. The van der Waals surface area contributed by atoms with E-state index in [4.69, 9.17) is 9.47 Å². The van der Waals surface area contributed by atoms with Gasteiger partial charge in [-0.15, -0.1) is 11.3 Å². The van der Waals surface area contributed by atoms with Crippen LogP contribution in [0.3, 0.4) is 0 Å². The Balaban J connectivity index is 1.64. The van der Waals surface area contributed by atoms with Crippen LogP contribution in [0.1, 0.15) is 16.0 Å². The van der Waals surface area contributed by atoms with Crippen molar-refractivity contribution < 1.29 is 18.7 Å². The summed E-state index contributed by atoms with van der Waals surface area (Å²) in [6, 6.07) is 11.8. The van der Waals surface area contributed by atoms with Crippen LogP contribution in [-0.4, -0.2) is 25.1 Å². The van der Waals surface area contributed by atoms with Crippen molar-refractivity contribution in [3.63, 3.8) is 0 Å². The van der Waals surface area contributed by atoms with Crippen molar-refractivity contribution in [3.05, 3.63) is 70.5 Å². The number of anilines is 1. The Morgan fingerprint density at radius 2 is 2.04 bits per heavy atom. The smallest absolute Gasteiger partial charge is 0.230 e. The third-order valence-electron chi connectivity index (χ3n) is 3.91. The Morgan fingerprint density at radius 3 is 2.78 bits per heavy atom. The zero-order chi connectivity index (χ0) is 19.2. The molecule has 0 fully saturated rings. The van der Waals surface area contributed by atoms with Crippen molar-refractivity contribution in [1.29, 1.82) is 0 Å². The van der Waals surface area contributed by atoms with Crippen LogP contribution < -0.4 is 14.8 Å². The van der Waals surface area contributed by atoms with E-state index in [0.29, 0.717) is 23.1 Å². The van der Waals surface area contributed by atoms with Crippen LogP contribution in [0.4, 0.5) is 9.52 Å². The summed E-state index contributed by atoms with van der Waals surface area (Å²) in [5.74, 6) is 0.813. The Labute approximate surface area is 160 Å². The van der Waals surface area contributed by atoms with Gasteiger partial charge in [0.1, 0.15) is 17.3 Å². The first kappa shape index (κ1) is 18.8. The van der Waals surface area contributed by atoms with Crippen molar-refractivity contribution in [3.8, 4) is 11.5 Å². The lowest BCUT2D eigenvalue weighted by atomic mass is 10.1. The number of carbonyl (C=O) groups is 1. The summed E-state index contributed by atoms with van der Waals surface area (Å²) in [4.78, 5) is 17.5. The van der Waals surface area contributed by atoms with Crippen molar-refractivity contribution in [2.45, 2.75) is 12.8 Å². The van der Waals surface area contributed by atoms with Crippen LogP contribution in [0.15, 0.2) is 48.7 Å². The van der Waals surface area contributed by atoms with E-state index in [2.05, 4.69) is 10.3 Å². The molecule has 1 aromatic heterocycles. The maximum Gasteiger partial charge on any atom is 0.230 e. The second kappa shape index (κ2) is 8.64. The number of halogens is 1. The van der Waals surface area contributed by atoms with E-state index in [1.54, 1.807) is 44.7 Å². The third kappa shape index (κ3) is 5.04. The predicted molar refractivity (Wildman–Crippen MR) is 103 cm³/mol. The van der Waals surface area contributed by atoms with E-state index in [0.717, 1.165) is 16.0 Å². The number of carbonyl (C=O) groups excluding carboxylic acids is 1. The summed E-state index contributed by atoms with van der Waals surface area (Å²) < 4.78 is 23.8. The highest BCUT2D eigenvalue weighted by Crippen LogP contribution is 2.26. The number of nitrogens with zero attached hydrogens (tertiary/aromatic N) is 1. The lowest BCUT2D eigenvalue weighted by molar-refractivity contribution is -0.115. The van der Waals surface area contributed by atoms with E-state index in [1.807, 2.05) is 6.07 Å². The Morgan fingerprint density at radius 1 is 1.19 bits per heavy atom. The molecule has 3 aromatic rings. The van der Waals surface area contributed by atoms with Crippen LogP contribution in [0, 0.1) is 5.82 Å². The quantitative estimate of drug-likeness (QED) is 0.665. The number of hydrogen-bond donors (Lipinski definition) is 1. The maximum atomic E-state index is 13.3. The molecule has 1 N–H and O–H groups in total. The highest BCUT2D eigenvalue weighted by Gasteiger charge is 2.12. The molecule has 0 aliphatic heterocycles. The fraction of sp³-hybridized carbons (Fsp3) is 0.200. The van der Waals surface area contributed by atoms with Crippen molar-refractivity contribution in [1.82, 2.24) is 4.98 Å². The van der Waals surface area contributed by atoms with Crippen molar-refractivity contribution >= 4 is 22.4 Å². The number of ether oxygens (including phenoxy) is 2. The van der Waals surface area contributed by atoms with Gasteiger partial charge in [-0.05, 0) is 35.9 Å². The Hall–Kier alpha value is -2.93. The zero-order valence-corrected chi connectivity index (χ0v) is 15.8. The second-order valence-corrected chi connectivity index (χ2v) is 6.96. The topological polar surface area (TPSA) is 60.5 Å². The molecule has 5 nitrogen and oxygen atoms in total. The van der Waals surface area contributed by atoms with Gasteiger partial charge in [0.15, 0.2) is 5.13 Å². The molecule has 0 aliphatic rings. The van der Waals surface area contributed by atoms with Gasteiger partial charge < -0.3 is 14.8 Å². The molecule has 0 bridgehead atoms. The minimum Gasteiger partial charge on any atom is -0.497 e. The number of benzene rings is 2. The normalized spacial score (nSPS) is 10.5. The second-order valence-electron chi connectivity index (χ2n) is 5.84. The van der Waals surface area contributed by atoms with Gasteiger partial charge in [-0.3, -0.25) is 4.79 Å². The minimum atomic E-state index is -0.266. The SMILES string of the molecule is COc1ccc(OC)c(CC(=O)Nc2ncc(Cc3cccc(F)c3)s2)c1. The van der Waals surface area contributed by atoms with Crippen molar-refractivity contribution in [2.75, 3.05) is 19.5 Å². The first-order valence-electron chi connectivity index (χ1n) is 8.27. The number of aromatic nitrogens is 1. The van der Waals surface area contributed by atoms with E-state index >= 15 is 0 Å². The molecule has 1 heterocycles. The van der Waals surface area contributed by atoms with Gasteiger partial charge >= 0.3 is 0 Å². The average Bonchev–Trinajstić information content (AvgIpc) is 3.08. The van der Waals surface area contributed by atoms with Gasteiger partial charge in [-0.25, -0.2) is 9.37 Å². The molecule has 0 saturated carbocycles. The van der Waals surface area contributed by atoms with Crippen LogP contribution >= 0.6 is 11.3 Å². The molecule has 27 heavy (non-hydrogen) atoms. The molecule has 0 unspecified atom stereocenters. The summed E-state index contributed by atoms with van der Waals surface area (Å²) >= 11 is 1.37. The summed E-state index contributed by atoms with van der Waals surface area (Å²) in [6.45, 7) is 0.